The van der Waals surface area contributed by atoms with Gasteiger partial charge in [-0.3, -0.25) is 14.9 Å². The van der Waals surface area contributed by atoms with Crippen LogP contribution in [-0.2, 0) is 16.0 Å². The van der Waals surface area contributed by atoms with Gasteiger partial charge in [-0.1, -0.05) is 29.8 Å². The van der Waals surface area contributed by atoms with Gasteiger partial charge in [0.05, 0.1) is 6.17 Å². The van der Waals surface area contributed by atoms with Crippen molar-refractivity contribution in [1.29, 1.82) is 0 Å². The number of aryl methyl sites for hydroxylation is 3. The number of carbonyl (C=O) groups excluding carboxylic acids is 2. The summed E-state index contributed by atoms with van der Waals surface area (Å²) in [7, 11) is 0. The lowest BCUT2D eigenvalue weighted by Crippen LogP contribution is -2.59. The third kappa shape index (κ3) is 3.31. The van der Waals surface area contributed by atoms with Crippen LogP contribution in [0.5, 0.6) is 0 Å². The van der Waals surface area contributed by atoms with Crippen molar-refractivity contribution in [2.24, 2.45) is 11.8 Å². The Labute approximate surface area is 164 Å². The molecule has 0 spiro atoms. The molecule has 2 aliphatic rings. The van der Waals surface area contributed by atoms with Gasteiger partial charge in [0, 0.05) is 23.3 Å². The van der Waals surface area contributed by atoms with E-state index in [4.69, 9.17) is 0 Å². The molecule has 4 unspecified atom stereocenters. The van der Waals surface area contributed by atoms with Gasteiger partial charge >= 0.3 is 0 Å². The van der Waals surface area contributed by atoms with E-state index < -0.39 is 12.1 Å². The average Bonchev–Trinajstić information content (AvgIpc) is 2.94. The molecule has 0 radical (unpaired) electrons. The Morgan fingerprint density at radius 3 is 2.46 bits per heavy atom. The number of Topliss-reactive ketones (excluding diaryl/α,β-unsaturated/α-hetero) is 1. The fourth-order valence-electron chi connectivity index (χ4n) is 4.19. The molecule has 2 saturated heterocycles. The standard InChI is InChI=1S/C21H25N5O2/c1-11-6-5-7-15(8-11)10-16-14(4)24-19-17(18(16)27)20(28)26(25-19)21-22-12(2)9-13(3)23-21/h5-9,14,16-17,19,24-25H,10H2,1-4H3. The van der Waals surface area contributed by atoms with Gasteiger partial charge in [0.25, 0.3) is 5.91 Å². The van der Waals surface area contributed by atoms with Gasteiger partial charge in [-0.2, -0.15) is 0 Å². The van der Waals surface area contributed by atoms with Crippen LogP contribution in [0.4, 0.5) is 5.95 Å². The number of anilines is 1. The molecule has 0 aliphatic carbocycles. The van der Waals surface area contributed by atoms with Gasteiger partial charge in [-0.05, 0) is 45.7 Å². The monoisotopic (exact) mass is 379 g/mol. The van der Waals surface area contributed by atoms with Crippen LogP contribution in [-0.4, -0.2) is 33.9 Å². The first kappa shape index (κ1) is 18.7. The van der Waals surface area contributed by atoms with Crippen LogP contribution < -0.4 is 15.8 Å². The average molecular weight is 379 g/mol. The Morgan fingerprint density at radius 1 is 1.07 bits per heavy atom. The third-order valence-electron chi connectivity index (χ3n) is 5.51. The first-order chi connectivity index (χ1) is 13.3. The summed E-state index contributed by atoms with van der Waals surface area (Å²) in [5.41, 5.74) is 6.92. The SMILES string of the molecule is Cc1cccc(CC2C(=O)C3C(=O)N(c4nc(C)cc(C)n4)NC3NC2C)c1. The van der Waals surface area contributed by atoms with Crippen LogP contribution >= 0.6 is 0 Å². The Morgan fingerprint density at radius 2 is 1.79 bits per heavy atom. The van der Waals surface area contributed by atoms with Crippen molar-refractivity contribution < 1.29 is 9.59 Å². The number of rotatable bonds is 3. The summed E-state index contributed by atoms with van der Waals surface area (Å²) < 4.78 is 0. The highest BCUT2D eigenvalue weighted by Crippen LogP contribution is 2.30. The largest absolute Gasteiger partial charge is 0.298 e. The molecule has 146 valence electrons. The van der Waals surface area contributed by atoms with Gasteiger partial charge in [-0.15, -0.1) is 0 Å². The molecule has 28 heavy (non-hydrogen) atoms. The fraction of sp³-hybridized carbons (Fsp3) is 0.429. The van der Waals surface area contributed by atoms with Crippen LogP contribution in [0.2, 0.25) is 0 Å². The number of aromatic nitrogens is 2. The molecular weight excluding hydrogens is 354 g/mol. The molecule has 2 fully saturated rings. The third-order valence-corrected chi connectivity index (χ3v) is 5.51. The molecule has 1 aromatic carbocycles. The lowest BCUT2D eigenvalue weighted by molar-refractivity contribution is -0.136. The number of fused-ring (bicyclic) bond motifs is 1. The smallest absolute Gasteiger partial charge is 0.257 e. The van der Waals surface area contributed by atoms with Crippen molar-refractivity contribution in [3.63, 3.8) is 0 Å². The lowest BCUT2D eigenvalue weighted by atomic mass is 9.78. The first-order valence-electron chi connectivity index (χ1n) is 9.61. The molecule has 2 aromatic rings. The number of nitrogens with zero attached hydrogens (tertiary/aromatic N) is 3. The first-order valence-corrected chi connectivity index (χ1v) is 9.61. The molecule has 1 amide bonds. The van der Waals surface area contributed by atoms with Crippen LogP contribution in [0.1, 0.15) is 29.4 Å². The minimum Gasteiger partial charge on any atom is -0.298 e. The van der Waals surface area contributed by atoms with E-state index in [1.54, 1.807) is 0 Å². The van der Waals surface area contributed by atoms with E-state index in [9.17, 15) is 9.59 Å². The van der Waals surface area contributed by atoms with Crippen molar-refractivity contribution in [1.82, 2.24) is 20.7 Å². The molecule has 3 heterocycles. The number of carbonyl (C=O) groups is 2. The second kappa shape index (κ2) is 7.07. The Balaban J connectivity index is 1.59. The van der Waals surface area contributed by atoms with Gasteiger partial charge < -0.3 is 0 Å². The van der Waals surface area contributed by atoms with Crippen LogP contribution in [0.25, 0.3) is 0 Å². The highest BCUT2D eigenvalue weighted by atomic mass is 16.2. The topological polar surface area (TPSA) is 87.2 Å². The highest BCUT2D eigenvalue weighted by Gasteiger charge is 2.52. The molecule has 7 heteroatoms. The van der Waals surface area contributed by atoms with Crippen molar-refractivity contribution in [3.05, 3.63) is 52.8 Å². The molecule has 0 saturated carbocycles. The number of nitrogens with one attached hydrogen (secondary N) is 2. The van der Waals surface area contributed by atoms with Gasteiger partial charge in [0.2, 0.25) is 5.95 Å². The number of hydrazine groups is 1. The molecule has 0 bridgehead atoms. The van der Waals surface area contributed by atoms with E-state index in [0.717, 1.165) is 22.5 Å². The van der Waals surface area contributed by atoms with Crippen molar-refractivity contribution >= 4 is 17.6 Å². The number of hydrogen-bond donors (Lipinski definition) is 2. The number of amides is 1. The van der Waals surface area contributed by atoms with Gasteiger partial charge in [0.15, 0.2) is 5.78 Å². The van der Waals surface area contributed by atoms with Crippen molar-refractivity contribution in [2.45, 2.75) is 46.3 Å². The van der Waals surface area contributed by atoms with E-state index in [0.29, 0.717) is 6.42 Å². The van der Waals surface area contributed by atoms with Crippen molar-refractivity contribution in [2.75, 3.05) is 5.01 Å². The van der Waals surface area contributed by atoms with E-state index in [-0.39, 0.29) is 29.6 Å². The summed E-state index contributed by atoms with van der Waals surface area (Å²) in [5, 5.41) is 4.72. The predicted molar refractivity (Wildman–Crippen MR) is 105 cm³/mol. The number of ketones is 1. The summed E-state index contributed by atoms with van der Waals surface area (Å²) in [5.74, 6) is -1.06. The van der Waals surface area contributed by atoms with E-state index in [1.165, 1.54) is 5.01 Å². The van der Waals surface area contributed by atoms with Crippen LogP contribution in [0.15, 0.2) is 30.3 Å². The van der Waals surface area contributed by atoms with Gasteiger partial charge in [0.1, 0.15) is 5.92 Å². The molecule has 2 N–H and O–H groups in total. The summed E-state index contributed by atoms with van der Waals surface area (Å²) in [4.78, 5) is 35.0. The Kier molecular flexibility index (Phi) is 4.72. The fourth-order valence-corrected chi connectivity index (χ4v) is 4.19. The maximum Gasteiger partial charge on any atom is 0.257 e. The van der Waals surface area contributed by atoms with Crippen LogP contribution in [0, 0.1) is 32.6 Å². The minimum absolute atomic E-state index is 0.0258. The minimum atomic E-state index is -0.768. The number of benzene rings is 1. The number of hydrogen-bond acceptors (Lipinski definition) is 6. The zero-order valence-corrected chi connectivity index (χ0v) is 16.6. The summed E-state index contributed by atoms with van der Waals surface area (Å²) in [6.07, 6.45) is 0.179. The molecule has 4 atom stereocenters. The zero-order valence-electron chi connectivity index (χ0n) is 16.6. The van der Waals surface area contributed by atoms with Gasteiger partial charge in [-0.25, -0.2) is 20.4 Å². The summed E-state index contributed by atoms with van der Waals surface area (Å²) >= 11 is 0. The maximum absolute atomic E-state index is 13.3. The second-order valence-electron chi connectivity index (χ2n) is 7.87. The maximum atomic E-state index is 13.3. The zero-order chi connectivity index (χ0) is 20.0. The second-order valence-corrected chi connectivity index (χ2v) is 7.87. The highest BCUT2D eigenvalue weighted by molar-refractivity contribution is 6.11. The Bertz CT molecular complexity index is 924. The molecule has 1 aromatic heterocycles. The number of piperidine rings is 1. The summed E-state index contributed by atoms with van der Waals surface area (Å²) in [6.45, 7) is 7.75. The molecule has 2 aliphatic heterocycles. The lowest BCUT2D eigenvalue weighted by Gasteiger charge is -2.35. The predicted octanol–water partition coefficient (Wildman–Crippen LogP) is 1.62. The normalized spacial score (nSPS) is 27.2. The van der Waals surface area contributed by atoms with Crippen molar-refractivity contribution in [3.8, 4) is 0 Å². The van der Waals surface area contributed by atoms with Crippen LogP contribution in [0.3, 0.4) is 0 Å². The van der Waals surface area contributed by atoms with E-state index in [1.807, 2.05) is 52.0 Å². The van der Waals surface area contributed by atoms with E-state index >= 15 is 0 Å². The quantitative estimate of drug-likeness (QED) is 0.788. The summed E-state index contributed by atoms with van der Waals surface area (Å²) in [6, 6.07) is 9.96. The molecular formula is C21H25N5O2. The molecule has 7 nitrogen and oxygen atoms in total. The van der Waals surface area contributed by atoms with E-state index in [2.05, 4.69) is 26.8 Å². The Hall–Kier alpha value is -2.64. The molecule has 4 rings (SSSR count).